The van der Waals surface area contributed by atoms with Gasteiger partial charge in [-0.25, -0.2) is 0 Å². The van der Waals surface area contributed by atoms with Gasteiger partial charge in [0, 0.05) is 25.7 Å². The number of ether oxygens (including phenoxy) is 3. The van der Waals surface area contributed by atoms with E-state index in [0.29, 0.717) is 35.6 Å². The number of carbonyl (C=O) groups excluding carboxylic acids is 1. The largest absolute Gasteiger partial charge is 0.493 e. The number of nitrogens with zero attached hydrogens (tertiary/aromatic N) is 2. The molecule has 6 heteroatoms. The van der Waals surface area contributed by atoms with E-state index in [0.717, 1.165) is 51.0 Å². The van der Waals surface area contributed by atoms with Crippen molar-refractivity contribution in [3.05, 3.63) is 53.6 Å². The summed E-state index contributed by atoms with van der Waals surface area (Å²) in [7, 11) is 4.80. The van der Waals surface area contributed by atoms with Crippen LogP contribution in [0.1, 0.15) is 36.8 Å². The summed E-state index contributed by atoms with van der Waals surface area (Å²) in [4.78, 5) is 18.1. The topological polar surface area (TPSA) is 51.2 Å². The zero-order chi connectivity index (χ0) is 23.9. The second kappa shape index (κ2) is 11.6. The lowest BCUT2D eigenvalue weighted by Gasteiger charge is -2.47. The molecule has 4 rings (SSSR count). The minimum absolute atomic E-state index is 0.196. The number of likely N-dealkylation sites (tertiary alicyclic amines) is 2. The van der Waals surface area contributed by atoms with Crippen molar-refractivity contribution in [1.29, 1.82) is 0 Å². The summed E-state index contributed by atoms with van der Waals surface area (Å²) in [5.41, 5.74) is 2.30. The van der Waals surface area contributed by atoms with Crippen LogP contribution in [0, 0.1) is 5.92 Å². The van der Waals surface area contributed by atoms with E-state index in [4.69, 9.17) is 14.2 Å². The first-order valence-corrected chi connectivity index (χ1v) is 12.5. The predicted molar refractivity (Wildman–Crippen MR) is 134 cm³/mol. The van der Waals surface area contributed by atoms with Crippen LogP contribution in [0.2, 0.25) is 0 Å². The lowest BCUT2D eigenvalue weighted by atomic mass is 9.83. The maximum Gasteiger partial charge on any atom is 0.227 e. The molecule has 2 fully saturated rings. The Bertz CT molecular complexity index is 924. The molecule has 2 heterocycles. The molecule has 2 aromatic rings. The van der Waals surface area contributed by atoms with Crippen molar-refractivity contribution in [1.82, 2.24) is 9.80 Å². The molecule has 0 N–H and O–H groups in total. The smallest absolute Gasteiger partial charge is 0.227 e. The summed E-state index contributed by atoms with van der Waals surface area (Å²) in [5.74, 6) is 2.50. The van der Waals surface area contributed by atoms with Gasteiger partial charge in [0.25, 0.3) is 0 Å². The number of fused-ring (bicyclic) bond motifs is 1. The van der Waals surface area contributed by atoms with E-state index in [1.807, 2.05) is 12.1 Å². The summed E-state index contributed by atoms with van der Waals surface area (Å²) in [6.07, 6.45) is 6.03. The molecule has 34 heavy (non-hydrogen) atoms. The number of hydrogen-bond acceptors (Lipinski definition) is 5. The monoisotopic (exact) mass is 466 g/mol. The molecule has 2 aromatic carbocycles. The van der Waals surface area contributed by atoms with Crippen LogP contribution in [0.5, 0.6) is 17.2 Å². The van der Waals surface area contributed by atoms with Crippen LogP contribution >= 0.6 is 0 Å². The van der Waals surface area contributed by atoms with Crippen LogP contribution in [-0.2, 0) is 17.6 Å². The highest BCUT2D eigenvalue weighted by Gasteiger charge is 2.37. The Labute approximate surface area is 203 Å². The number of rotatable bonds is 9. The number of amides is 1. The summed E-state index contributed by atoms with van der Waals surface area (Å²) in [5, 5.41) is 0. The molecule has 0 aromatic heterocycles. The predicted octanol–water partition coefficient (Wildman–Crippen LogP) is 4.20. The molecule has 2 saturated heterocycles. The second-order valence-corrected chi connectivity index (χ2v) is 9.45. The summed E-state index contributed by atoms with van der Waals surface area (Å²) in [6, 6.07) is 14.9. The van der Waals surface area contributed by atoms with Crippen molar-refractivity contribution >= 4 is 5.91 Å². The van der Waals surface area contributed by atoms with Crippen LogP contribution < -0.4 is 14.2 Å². The van der Waals surface area contributed by atoms with Crippen molar-refractivity contribution in [2.24, 2.45) is 5.92 Å². The highest BCUT2D eigenvalue weighted by molar-refractivity contribution is 5.80. The van der Waals surface area contributed by atoms with Crippen LogP contribution in [-0.4, -0.2) is 69.3 Å². The average molecular weight is 467 g/mol. The number of methoxy groups -OCH3 is 3. The van der Waals surface area contributed by atoms with Crippen LogP contribution in [0.15, 0.2) is 42.5 Å². The van der Waals surface area contributed by atoms with Gasteiger partial charge in [-0.2, -0.15) is 0 Å². The normalized spacial score (nSPS) is 20.5. The van der Waals surface area contributed by atoms with Crippen molar-refractivity contribution in [2.45, 2.75) is 44.6 Å². The molecule has 2 atom stereocenters. The van der Waals surface area contributed by atoms with Crippen molar-refractivity contribution in [3.63, 3.8) is 0 Å². The summed E-state index contributed by atoms with van der Waals surface area (Å²) < 4.78 is 16.4. The molecule has 184 valence electrons. The molecule has 1 amide bonds. The maximum atomic E-state index is 13.4. The fourth-order valence-corrected chi connectivity index (χ4v) is 5.66. The van der Waals surface area contributed by atoms with E-state index in [2.05, 4.69) is 40.1 Å². The first-order chi connectivity index (χ1) is 16.6. The zero-order valence-electron chi connectivity index (χ0n) is 20.8. The molecule has 0 radical (unpaired) electrons. The van der Waals surface area contributed by atoms with Gasteiger partial charge in [0.2, 0.25) is 11.7 Å². The van der Waals surface area contributed by atoms with Crippen molar-refractivity contribution in [2.75, 3.05) is 47.5 Å². The summed E-state index contributed by atoms with van der Waals surface area (Å²) >= 11 is 0. The molecule has 0 aliphatic carbocycles. The van der Waals surface area contributed by atoms with Gasteiger partial charge >= 0.3 is 0 Å². The Balaban J connectivity index is 1.34. The van der Waals surface area contributed by atoms with E-state index in [1.165, 1.54) is 18.4 Å². The average Bonchev–Trinajstić information content (AvgIpc) is 2.88. The van der Waals surface area contributed by atoms with E-state index < -0.39 is 0 Å². The first kappa shape index (κ1) is 24.4. The molecule has 2 aliphatic rings. The molecule has 2 aliphatic heterocycles. The number of piperidine rings is 2. The Morgan fingerprint density at radius 2 is 1.68 bits per heavy atom. The van der Waals surface area contributed by atoms with Crippen LogP contribution in [0.3, 0.4) is 0 Å². The number of carbonyl (C=O) groups is 1. The molecular weight excluding hydrogens is 428 g/mol. The lowest BCUT2D eigenvalue weighted by Crippen LogP contribution is -2.56. The fourth-order valence-electron chi connectivity index (χ4n) is 5.66. The van der Waals surface area contributed by atoms with Gasteiger partial charge in [-0.3, -0.25) is 4.79 Å². The molecule has 0 bridgehead atoms. The SMILES string of the molecule is COc1cc(CC(=O)N2CCC[C@@H]3CN(CCCc4ccccc4)CC[C@@H]32)cc(OC)c1OC. The molecule has 0 spiro atoms. The standard InChI is InChI=1S/C28H38N2O4/c1-32-25-17-22(18-26(33-2)28(25)34-3)19-27(31)30-15-8-12-23-20-29(16-13-24(23)30)14-7-11-21-9-5-4-6-10-21/h4-6,9-10,17-18,23-24H,7-8,11-16,19-20H2,1-3H3/t23-,24+/m1/s1. The molecule has 6 nitrogen and oxygen atoms in total. The van der Waals surface area contributed by atoms with E-state index >= 15 is 0 Å². The van der Waals surface area contributed by atoms with Gasteiger partial charge in [0.1, 0.15) is 0 Å². The minimum atomic E-state index is 0.196. The molecular formula is C28H38N2O4. The van der Waals surface area contributed by atoms with Gasteiger partial charge in [-0.15, -0.1) is 0 Å². The third kappa shape index (κ3) is 5.66. The Kier molecular flexibility index (Phi) is 8.33. The maximum absolute atomic E-state index is 13.4. The zero-order valence-corrected chi connectivity index (χ0v) is 20.8. The van der Waals surface area contributed by atoms with E-state index in [-0.39, 0.29) is 5.91 Å². The highest BCUT2D eigenvalue weighted by Crippen LogP contribution is 2.39. The van der Waals surface area contributed by atoms with Crippen LogP contribution in [0.4, 0.5) is 0 Å². The molecule has 0 unspecified atom stereocenters. The van der Waals surface area contributed by atoms with Crippen molar-refractivity contribution < 1.29 is 19.0 Å². The Morgan fingerprint density at radius 3 is 2.35 bits per heavy atom. The van der Waals surface area contributed by atoms with Gasteiger partial charge in [-0.1, -0.05) is 30.3 Å². The van der Waals surface area contributed by atoms with Gasteiger partial charge < -0.3 is 24.0 Å². The second-order valence-electron chi connectivity index (χ2n) is 9.45. The fraction of sp³-hybridized carbons (Fsp3) is 0.536. The lowest BCUT2D eigenvalue weighted by molar-refractivity contribution is -0.137. The Morgan fingerprint density at radius 1 is 0.941 bits per heavy atom. The first-order valence-electron chi connectivity index (χ1n) is 12.5. The van der Waals surface area contributed by atoms with Crippen LogP contribution in [0.25, 0.3) is 0 Å². The van der Waals surface area contributed by atoms with Gasteiger partial charge in [-0.05, 0) is 67.8 Å². The van der Waals surface area contributed by atoms with E-state index in [9.17, 15) is 4.79 Å². The number of hydrogen-bond donors (Lipinski definition) is 0. The van der Waals surface area contributed by atoms with Gasteiger partial charge in [0.05, 0.1) is 27.8 Å². The highest BCUT2D eigenvalue weighted by atomic mass is 16.5. The number of benzene rings is 2. The Hall–Kier alpha value is -2.73. The van der Waals surface area contributed by atoms with Gasteiger partial charge in [0.15, 0.2) is 11.5 Å². The molecule has 0 saturated carbocycles. The quantitative estimate of drug-likeness (QED) is 0.554. The van der Waals surface area contributed by atoms with E-state index in [1.54, 1.807) is 21.3 Å². The third-order valence-corrected chi connectivity index (χ3v) is 7.34. The van der Waals surface area contributed by atoms with Crippen molar-refractivity contribution in [3.8, 4) is 17.2 Å². The minimum Gasteiger partial charge on any atom is -0.493 e. The third-order valence-electron chi connectivity index (χ3n) is 7.34. The number of aryl methyl sites for hydroxylation is 1. The summed E-state index contributed by atoms with van der Waals surface area (Å²) in [6.45, 7) is 4.17.